The predicted octanol–water partition coefficient (Wildman–Crippen LogP) is 3.97. The van der Waals surface area contributed by atoms with Gasteiger partial charge in [0.2, 0.25) is 0 Å². The van der Waals surface area contributed by atoms with Crippen molar-refractivity contribution < 1.29 is 0 Å². The van der Waals surface area contributed by atoms with E-state index in [-0.39, 0.29) is 0 Å². The van der Waals surface area contributed by atoms with Crippen molar-refractivity contribution in [2.24, 2.45) is 4.99 Å². The van der Waals surface area contributed by atoms with Gasteiger partial charge in [0.15, 0.2) is 5.17 Å². The van der Waals surface area contributed by atoms with Gasteiger partial charge in [-0.1, -0.05) is 71.9 Å². The molecule has 21 heavy (non-hydrogen) atoms. The molecule has 0 spiro atoms. The molecule has 0 saturated carbocycles. The van der Waals surface area contributed by atoms with Crippen molar-refractivity contribution in [3.63, 3.8) is 0 Å². The summed E-state index contributed by atoms with van der Waals surface area (Å²) in [5, 5.41) is 4.60. The SMILES string of the molecule is Cc1cccc(CCN=C2NC(c3ccccc3)CS2)c1. The topological polar surface area (TPSA) is 24.4 Å². The van der Waals surface area contributed by atoms with Crippen LogP contribution in [-0.2, 0) is 6.42 Å². The molecule has 1 unspecified atom stereocenters. The van der Waals surface area contributed by atoms with Gasteiger partial charge in [0.25, 0.3) is 0 Å². The number of nitrogens with one attached hydrogen (secondary N) is 1. The van der Waals surface area contributed by atoms with Crippen molar-refractivity contribution in [3.05, 3.63) is 71.3 Å². The highest BCUT2D eigenvalue weighted by molar-refractivity contribution is 8.14. The summed E-state index contributed by atoms with van der Waals surface area (Å²) in [6.07, 6.45) is 1.00. The number of aryl methyl sites for hydroxylation is 1. The predicted molar refractivity (Wildman–Crippen MR) is 92.0 cm³/mol. The fourth-order valence-electron chi connectivity index (χ4n) is 2.51. The molecule has 0 amide bonds. The van der Waals surface area contributed by atoms with Gasteiger partial charge in [0, 0.05) is 12.3 Å². The molecule has 1 fully saturated rings. The van der Waals surface area contributed by atoms with E-state index in [1.54, 1.807) is 0 Å². The van der Waals surface area contributed by atoms with Crippen LogP contribution in [0.15, 0.2) is 59.6 Å². The lowest BCUT2D eigenvalue weighted by atomic mass is 10.1. The summed E-state index contributed by atoms with van der Waals surface area (Å²) in [7, 11) is 0. The Morgan fingerprint density at radius 3 is 2.81 bits per heavy atom. The Hall–Kier alpha value is -1.74. The van der Waals surface area contributed by atoms with Gasteiger partial charge in [-0.25, -0.2) is 0 Å². The minimum atomic E-state index is 0.397. The van der Waals surface area contributed by atoms with Crippen LogP contribution >= 0.6 is 11.8 Å². The highest BCUT2D eigenvalue weighted by Crippen LogP contribution is 2.25. The first-order valence-electron chi connectivity index (χ1n) is 7.35. The molecule has 108 valence electrons. The summed E-state index contributed by atoms with van der Waals surface area (Å²) in [6, 6.07) is 19.7. The second-order valence-electron chi connectivity index (χ2n) is 5.34. The molecule has 0 bridgehead atoms. The number of hydrogen-bond acceptors (Lipinski definition) is 2. The molecule has 2 aromatic carbocycles. The maximum absolute atomic E-state index is 4.69. The minimum absolute atomic E-state index is 0.397. The first-order chi connectivity index (χ1) is 10.3. The van der Waals surface area contributed by atoms with Gasteiger partial charge in [0.05, 0.1) is 6.04 Å². The van der Waals surface area contributed by atoms with Crippen LogP contribution in [0.5, 0.6) is 0 Å². The molecular weight excluding hydrogens is 276 g/mol. The van der Waals surface area contributed by atoms with E-state index in [0.717, 1.165) is 23.9 Å². The maximum Gasteiger partial charge on any atom is 0.157 e. The van der Waals surface area contributed by atoms with Gasteiger partial charge in [-0.2, -0.15) is 0 Å². The second kappa shape index (κ2) is 6.81. The highest BCUT2D eigenvalue weighted by atomic mass is 32.2. The lowest BCUT2D eigenvalue weighted by molar-refractivity contribution is 0.748. The van der Waals surface area contributed by atoms with Crippen LogP contribution in [0.25, 0.3) is 0 Å². The van der Waals surface area contributed by atoms with E-state index in [1.165, 1.54) is 16.7 Å². The molecule has 0 aliphatic carbocycles. The van der Waals surface area contributed by atoms with Crippen molar-refractivity contribution in [1.29, 1.82) is 0 Å². The number of amidine groups is 1. The highest BCUT2D eigenvalue weighted by Gasteiger charge is 2.21. The fraction of sp³-hybridized carbons (Fsp3) is 0.278. The van der Waals surface area contributed by atoms with Gasteiger partial charge < -0.3 is 5.32 Å². The van der Waals surface area contributed by atoms with Gasteiger partial charge in [-0.3, -0.25) is 4.99 Å². The van der Waals surface area contributed by atoms with Crippen LogP contribution in [0.1, 0.15) is 22.7 Å². The van der Waals surface area contributed by atoms with E-state index in [1.807, 2.05) is 11.8 Å². The van der Waals surface area contributed by atoms with Crippen LogP contribution in [0.3, 0.4) is 0 Å². The molecule has 2 nitrogen and oxygen atoms in total. The Bertz CT molecular complexity index is 622. The summed E-state index contributed by atoms with van der Waals surface area (Å²) in [6.45, 7) is 2.98. The zero-order valence-corrected chi connectivity index (χ0v) is 13.1. The van der Waals surface area contributed by atoms with Gasteiger partial charge in [0.1, 0.15) is 0 Å². The molecule has 1 heterocycles. The lowest BCUT2D eigenvalue weighted by Gasteiger charge is -2.09. The van der Waals surface area contributed by atoms with Gasteiger partial charge in [-0.15, -0.1) is 0 Å². The van der Waals surface area contributed by atoms with Crippen LogP contribution in [-0.4, -0.2) is 17.5 Å². The standard InChI is InChI=1S/C18H20N2S/c1-14-6-5-7-15(12-14)10-11-19-18-20-17(13-21-18)16-8-3-2-4-9-16/h2-9,12,17H,10-11,13H2,1H3,(H,19,20). The van der Waals surface area contributed by atoms with Crippen LogP contribution in [0, 0.1) is 6.92 Å². The van der Waals surface area contributed by atoms with E-state index in [9.17, 15) is 0 Å². The normalized spacial score (nSPS) is 19.7. The van der Waals surface area contributed by atoms with E-state index < -0.39 is 0 Å². The molecule has 1 aliphatic rings. The minimum Gasteiger partial charge on any atom is -0.357 e. The monoisotopic (exact) mass is 296 g/mol. The quantitative estimate of drug-likeness (QED) is 0.923. The Kier molecular flexibility index (Phi) is 4.61. The maximum atomic E-state index is 4.69. The number of aliphatic imine (C=N–C) groups is 1. The third-order valence-electron chi connectivity index (χ3n) is 3.62. The molecule has 1 saturated heterocycles. The average Bonchev–Trinajstić information content (AvgIpc) is 2.97. The van der Waals surface area contributed by atoms with Crippen LogP contribution < -0.4 is 5.32 Å². The Labute approximate surface area is 130 Å². The molecule has 0 radical (unpaired) electrons. The smallest absolute Gasteiger partial charge is 0.157 e. The molecule has 0 aromatic heterocycles. The second-order valence-corrected chi connectivity index (χ2v) is 6.35. The molecule has 3 heteroatoms. The van der Waals surface area contributed by atoms with Crippen molar-refractivity contribution >= 4 is 16.9 Å². The number of hydrogen-bond donors (Lipinski definition) is 1. The lowest BCUT2D eigenvalue weighted by Crippen LogP contribution is -2.19. The number of nitrogens with zero attached hydrogens (tertiary/aromatic N) is 1. The van der Waals surface area contributed by atoms with Gasteiger partial charge >= 0.3 is 0 Å². The molecule has 3 rings (SSSR count). The van der Waals surface area contributed by atoms with E-state index in [0.29, 0.717) is 6.04 Å². The summed E-state index contributed by atoms with van der Waals surface area (Å²) in [5.41, 5.74) is 4.02. The molecular formula is C18H20N2S. The summed E-state index contributed by atoms with van der Waals surface area (Å²) < 4.78 is 0. The Morgan fingerprint density at radius 1 is 1.14 bits per heavy atom. The number of thioether (sulfide) groups is 1. The Balaban J connectivity index is 1.54. The first-order valence-corrected chi connectivity index (χ1v) is 8.34. The molecule has 1 atom stereocenters. The number of rotatable bonds is 4. The van der Waals surface area contributed by atoms with E-state index in [2.05, 4.69) is 66.8 Å². The first kappa shape index (κ1) is 14.2. The third kappa shape index (κ3) is 3.88. The van der Waals surface area contributed by atoms with E-state index >= 15 is 0 Å². The largest absolute Gasteiger partial charge is 0.357 e. The summed E-state index contributed by atoms with van der Waals surface area (Å²) in [5.74, 6) is 1.06. The van der Waals surface area contributed by atoms with Crippen LogP contribution in [0.2, 0.25) is 0 Å². The average molecular weight is 296 g/mol. The summed E-state index contributed by atoms with van der Waals surface area (Å²) >= 11 is 1.82. The van der Waals surface area contributed by atoms with Crippen molar-refractivity contribution in [2.45, 2.75) is 19.4 Å². The van der Waals surface area contributed by atoms with Crippen molar-refractivity contribution in [1.82, 2.24) is 5.32 Å². The Morgan fingerprint density at radius 2 is 2.00 bits per heavy atom. The van der Waals surface area contributed by atoms with E-state index in [4.69, 9.17) is 4.99 Å². The van der Waals surface area contributed by atoms with Gasteiger partial charge in [-0.05, 0) is 24.5 Å². The zero-order valence-electron chi connectivity index (χ0n) is 12.3. The zero-order chi connectivity index (χ0) is 14.5. The number of benzene rings is 2. The fourth-order valence-corrected chi connectivity index (χ4v) is 3.51. The molecule has 1 aliphatic heterocycles. The molecule has 1 N–H and O–H groups in total. The third-order valence-corrected chi connectivity index (χ3v) is 4.65. The van der Waals surface area contributed by atoms with Crippen molar-refractivity contribution in [2.75, 3.05) is 12.3 Å². The summed E-state index contributed by atoms with van der Waals surface area (Å²) in [4.78, 5) is 4.69. The molecule has 2 aromatic rings. The van der Waals surface area contributed by atoms with Crippen LogP contribution in [0.4, 0.5) is 0 Å². The van der Waals surface area contributed by atoms with Crippen molar-refractivity contribution in [3.8, 4) is 0 Å².